The molecule has 0 aromatic carbocycles. The molecule has 2 rings (SSSR count). The number of amides is 1. The maximum absolute atomic E-state index is 12.3. The Kier molecular flexibility index (Phi) is 10.1. The van der Waals surface area contributed by atoms with Gasteiger partial charge in [0, 0.05) is 25.6 Å². The summed E-state index contributed by atoms with van der Waals surface area (Å²) in [7, 11) is 0. The van der Waals surface area contributed by atoms with Crippen molar-refractivity contribution in [1.82, 2.24) is 14.9 Å². The summed E-state index contributed by atoms with van der Waals surface area (Å²) in [4.78, 5) is 49.6. The molecular formula is C22H32BrN3O8. The number of carbonyl (C=O) groups is 2. The maximum atomic E-state index is 12.3. The summed E-state index contributed by atoms with van der Waals surface area (Å²) in [6.45, 7) is 9.44. The fraction of sp³-hybridized carbons (Fsp3) is 0.636. The smallest absolute Gasteiger partial charge is 0.407 e. The van der Waals surface area contributed by atoms with E-state index >= 15 is 0 Å². The summed E-state index contributed by atoms with van der Waals surface area (Å²) in [6.07, 6.45) is 0.609. The van der Waals surface area contributed by atoms with E-state index in [4.69, 9.17) is 14.2 Å². The Morgan fingerprint density at radius 1 is 1.38 bits per heavy atom. The number of aromatic nitrogens is 2. The number of aliphatic hydroxyl groups is 1. The number of nitrogens with one attached hydrogen (secondary N) is 2. The normalized spacial score (nSPS) is 21.0. The number of aliphatic hydroxyl groups excluding tert-OH is 1. The van der Waals surface area contributed by atoms with Gasteiger partial charge in [-0.05, 0) is 55.6 Å². The van der Waals surface area contributed by atoms with E-state index in [2.05, 4.69) is 32.8 Å². The molecule has 11 nitrogen and oxygen atoms in total. The summed E-state index contributed by atoms with van der Waals surface area (Å²) in [5.74, 6) is -0.479. The van der Waals surface area contributed by atoms with Crippen LogP contribution in [0.1, 0.15) is 59.1 Å². The van der Waals surface area contributed by atoms with Gasteiger partial charge in [0.05, 0.1) is 10.6 Å². The van der Waals surface area contributed by atoms with Gasteiger partial charge in [0.25, 0.3) is 5.56 Å². The first-order chi connectivity index (χ1) is 15.9. The number of H-pyrrole nitrogens is 1. The molecule has 34 heavy (non-hydrogen) atoms. The van der Waals surface area contributed by atoms with Gasteiger partial charge in [-0.15, -0.1) is 0 Å². The van der Waals surface area contributed by atoms with Gasteiger partial charge in [-0.3, -0.25) is 19.1 Å². The molecule has 1 fully saturated rings. The second-order valence-electron chi connectivity index (χ2n) is 8.93. The molecule has 0 spiro atoms. The third-order valence-corrected chi connectivity index (χ3v) is 5.49. The summed E-state index contributed by atoms with van der Waals surface area (Å²) >= 11 is 3.06. The van der Waals surface area contributed by atoms with E-state index < -0.39 is 53.5 Å². The van der Waals surface area contributed by atoms with E-state index in [-0.39, 0.29) is 17.3 Å². The van der Waals surface area contributed by atoms with Crippen LogP contribution >= 0.6 is 15.9 Å². The van der Waals surface area contributed by atoms with Crippen LogP contribution in [0.15, 0.2) is 32.9 Å². The highest BCUT2D eigenvalue weighted by Crippen LogP contribution is 2.31. The monoisotopic (exact) mass is 545 g/mol. The van der Waals surface area contributed by atoms with Gasteiger partial charge in [-0.25, -0.2) is 9.59 Å². The number of nitrogens with zero attached hydrogens (tertiary/aromatic N) is 1. The first-order valence-corrected chi connectivity index (χ1v) is 11.8. The van der Waals surface area contributed by atoms with E-state index in [1.54, 1.807) is 20.8 Å². The van der Waals surface area contributed by atoms with Crippen LogP contribution in [-0.4, -0.2) is 57.2 Å². The maximum Gasteiger partial charge on any atom is 0.407 e. The van der Waals surface area contributed by atoms with Gasteiger partial charge < -0.3 is 24.6 Å². The predicted octanol–water partition coefficient (Wildman–Crippen LogP) is 2.13. The quantitative estimate of drug-likeness (QED) is 0.230. The van der Waals surface area contributed by atoms with Gasteiger partial charge in [-0.1, -0.05) is 13.0 Å². The van der Waals surface area contributed by atoms with Gasteiger partial charge in [-0.2, -0.15) is 0 Å². The lowest BCUT2D eigenvalue weighted by molar-refractivity contribution is -0.157. The van der Waals surface area contributed by atoms with Crippen molar-refractivity contribution in [2.24, 2.45) is 0 Å². The van der Waals surface area contributed by atoms with Crippen LogP contribution in [0.3, 0.4) is 0 Å². The number of ether oxygens (including phenoxy) is 3. The number of hydrogen-bond donors (Lipinski definition) is 3. The summed E-state index contributed by atoms with van der Waals surface area (Å²) in [6, 6.07) is 0. The first kappa shape index (κ1) is 27.8. The molecule has 4 atom stereocenters. The minimum absolute atomic E-state index is 0.0651. The SMILES string of the molecule is C=CC(OC(=O)CCCCCNC(=O)OC(C)(C)C)[C@H]1O[C@@H](n2cc(Br)c(=O)[nH]c2=O)C[C@@H]1O. The zero-order chi connectivity index (χ0) is 25.5. The number of alkyl carbamates (subject to hydrolysis) is 1. The lowest BCUT2D eigenvalue weighted by atomic mass is 10.1. The van der Waals surface area contributed by atoms with Crippen molar-refractivity contribution >= 4 is 28.0 Å². The Balaban J connectivity index is 1.78. The van der Waals surface area contributed by atoms with Gasteiger partial charge in [0.15, 0.2) is 0 Å². The molecule has 0 saturated carbocycles. The van der Waals surface area contributed by atoms with Crippen molar-refractivity contribution in [1.29, 1.82) is 0 Å². The molecule has 190 valence electrons. The highest BCUT2D eigenvalue weighted by Gasteiger charge is 2.41. The Labute approximate surface area is 205 Å². The number of rotatable bonds is 10. The number of esters is 1. The number of carbonyl (C=O) groups excluding carboxylic acids is 2. The zero-order valence-electron chi connectivity index (χ0n) is 19.5. The molecule has 1 aromatic rings. The van der Waals surface area contributed by atoms with Gasteiger partial charge in [0.1, 0.15) is 24.0 Å². The summed E-state index contributed by atoms with van der Waals surface area (Å²) in [5.41, 5.74) is -1.81. The molecular weight excluding hydrogens is 514 g/mol. The Morgan fingerprint density at radius 3 is 2.74 bits per heavy atom. The van der Waals surface area contributed by atoms with Crippen molar-refractivity contribution in [2.45, 2.75) is 83.0 Å². The molecule has 1 aliphatic rings. The molecule has 0 bridgehead atoms. The van der Waals surface area contributed by atoms with Crippen LogP contribution in [0.25, 0.3) is 0 Å². The molecule has 0 aliphatic carbocycles. The standard InChI is InChI=1S/C22H32BrN3O8/c1-5-15(32-17(28)9-7-6-8-10-24-21(31)34-22(2,3)4)18-14(27)11-16(33-18)26-12-13(23)19(29)25-20(26)30/h5,12,14-16,18,27H,1,6-11H2,2-4H3,(H,24,31)(H,25,29,30)/t14-,15?,16+,18-/m0/s1. The van der Waals surface area contributed by atoms with Crippen LogP contribution in [0.5, 0.6) is 0 Å². The molecule has 1 saturated heterocycles. The summed E-state index contributed by atoms with van der Waals surface area (Å²) in [5, 5.41) is 13.1. The van der Waals surface area contributed by atoms with Crippen molar-refractivity contribution in [3.63, 3.8) is 0 Å². The molecule has 2 heterocycles. The topological polar surface area (TPSA) is 149 Å². The highest BCUT2D eigenvalue weighted by atomic mass is 79.9. The predicted molar refractivity (Wildman–Crippen MR) is 126 cm³/mol. The number of hydrogen-bond acceptors (Lipinski definition) is 8. The minimum atomic E-state index is -1.02. The molecule has 1 amide bonds. The third-order valence-electron chi connectivity index (χ3n) is 4.92. The molecule has 12 heteroatoms. The van der Waals surface area contributed by atoms with Gasteiger partial charge in [0.2, 0.25) is 0 Å². The fourth-order valence-electron chi connectivity index (χ4n) is 3.35. The van der Waals surface area contributed by atoms with Crippen LogP contribution in [0.4, 0.5) is 4.79 Å². The van der Waals surface area contributed by atoms with Crippen LogP contribution in [0, 0.1) is 0 Å². The number of halogens is 1. The molecule has 1 aromatic heterocycles. The Morgan fingerprint density at radius 2 is 2.09 bits per heavy atom. The summed E-state index contributed by atoms with van der Waals surface area (Å²) < 4.78 is 17.6. The van der Waals surface area contributed by atoms with E-state index in [1.807, 2.05) is 0 Å². The average Bonchev–Trinajstić information content (AvgIpc) is 3.11. The molecule has 1 aliphatic heterocycles. The van der Waals surface area contributed by atoms with E-state index in [1.165, 1.54) is 12.3 Å². The van der Waals surface area contributed by atoms with Crippen LogP contribution in [0.2, 0.25) is 0 Å². The van der Waals surface area contributed by atoms with Gasteiger partial charge >= 0.3 is 17.8 Å². The lowest BCUT2D eigenvalue weighted by Gasteiger charge is -2.23. The van der Waals surface area contributed by atoms with Crippen molar-refractivity contribution in [2.75, 3.05) is 6.54 Å². The Hall–Kier alpha value is -2.44. The largest absolute Gasteiger partial charge is 0.455 e. The van der Waals surface area contributed by atoms with Crippen molar-refractivity contribution in [3.8, 4) is 0 Å². The molecule has 3 N–H and O–H groups in total. The Bertz CT molecular complexity index is 984. The first-order valence-electron chi connectivity index (χ1n) is 11.0. The van der Waals surface area contributed by atoms with Crippen molar-refractivity contribution < 1.29 is 28.9 Å². The molecule has 1 unspecified atom stereocenters. The minimum Gasteiger partial charge on any atom is -0.455 e. The number of unbranched alkanes of at least 4 members (excludes halogenated alkanes) is 2. The highest BCUT2D eigenvalue weighted by molar-refractivity contribution is 9.10. The molecule has 0 radical (unpaired) electrons. The van der Waals surface area contributed by atoms with E-state index in [0.29, 0.717) is 25.8 Å². The fourth-order valence-corrected chi connectivity index (χ4v) is 3.67. The average molecular weight is 546 g/mol. The number of aromatic amines is 1. The van der Waals surface area contributed by atoms with Crippen LogP contribution < -0.4 is 16.6 Å². The van der Waals surface area contributed by atoms with E-state index in [0.717, 1.165) is 4.57 Å². The lowest BCUT2D eigenvalue weighted by Crippen LogP contribution is -2.37. The van der Waals surface area contributed by atoms with Crippen molar-refractivity contribution in [3.05, 3.63) is 44.2 Å². The third kappa shape index (κ3) is 8.41. The second kappa shape index (κ2) is 12.3. The second-order valence-corrected chi connectivity index (χ2v) is 9.79. The van der Waals surface area contributed by atoms with Crippen LogP contribution in [-0.2, 0) is 19.0 Å². The van der Waals surface area contributed by atoms with E-state index in [9.17, 15) is 24.3 Å². The zero-order valence-corrected chi connectivity index (χ0v) is 21.1.